The van der Waals surface area contributed by atoms with E-state index in [0.29, 0.717) is 0 Å². The van der Waals surface area contributed by atoms with Gasteiger partial charge in [0.05, 0.1) is 23.8 Å². The van der Waals surface area contributed by atoms with Gasteiger partial charge in [0.15, 0.2) is 5.75 Å². The van der Waals surface area contributed by atoms with Crippen LogP contribution in [0.15, 0.2) is 12.1 Å². The number of ether oxygens (including phenoxy) is 3. The summed E-state index contributed by atoms with van der Waals surface area (Å²) >= 11 is 11.9. The molecule has 0 saturated carbocycles. The molecule has 1 fully saturated rings. The molecule has 0 unspecified atom stereocenters. The molecule has 5 atom stereocenters. The molecule has 24 heavy (non-hydrogen) atoms. The molecule has 0 aliphatic carbocycles. The lowest BCUT2D eigenvalue weighted by Gasteiger charge is -2.39. The minimum Gasteiger partial charge on any atom is -0.494 e. The van der Waals surface area contributed by atoms with E-state index in [1.807, 2.05) is 0 Å². The van der Waals surface area contributed by atoms with Crippen LogP contribution in [-0.4, -0.2) is 70.8 Å². The van der Waals surface area contributed by atoms with Crippen LogP contribution in [0.1, 0.15) is 10.4 Å². The third-order valence-electron chi connectivity index (χ3n) is 3.54. The van der Waals surface area contributed by atoms with Crippen LogP contribution in [0, 0.1) is 0 Å². The Bertz CT molecular complexity index is 609. The Morgan fingerprint density at radius 3 is 2.38 bits per heavy atom. The van der Waals surface area contributed by atoms with Crippen molar-refractivity contribution in [3.8, 4) is 5.75 Å². The number of aliphatic hydroxyl groups excluding tert-OH is 4. The van der Waals surface area contributed by atoms with Gasteiger partial charge in [0.1, 0.15) is 30.0 Å². The van der Waals surface area contributed by atoms with Crippen LogP contribution in [-0.2, 0) is 9.47 Å². The van der Waals surface area contributed by atoms with E-state index in [9.17, 15) is 20.1 Å². The molecule has 1 aromatic rings. The quantitative estimate of drug-likeness (QED) is 0.534. The number of esters is 1. The van der Waals surface area contributed by atoms with Crippen LogP contribution in [0.2, 0.25) is 10.0 Å². The zero-order chi connectivity index (χ0) is 18.0. The van der Waals surface area contributed by atoms with Crippen molar-refractivity contribution in [2.45, 2.75) is 30.7 Å². The van der Waals surface area contributed by atoms with Gasteiger partial charge < -0.3 is 34.6 Å². The average Bonchev–Trinajstić information content (AvgIpc) is 2.56. The third kappa shape index (κ3) is 3.60. The van der Waals surface area contributed by atoms with E-state index < -0.39 is 43.3 Å². The zero-order valence-corrected chi connectivity index (χ0v) is 13.9. The first-order chi connectivity index (χ1) is 11.3. The molecule has 1 aliphatic heterocycles. The van der Waals surface area contributed by atoms with E-state index >= 15 is 0 Å². The lowest BCUT2D eigenvalue weighted by atomic mass is 9.99. The number of methoxy groups -OCH3 is 1. The SMILES string of the molecule is COc1c(Cl)ccc(Cl)c1C(=O)O[C@@H]1O[C@H](CO)[C@@H](O)[C@H](O)[C@H]1O. The Balaban J connectivity index is 2.25. The van der Waals surface area contributed by atoms with Crippen molar-refractivity contribution < 1.29 is 39.4 Å². The van der Waals surface area contributed by atoms with Gasteiger partial charge in [-0.15, -0.1) is 0 Å². The van der Waals surface area contributed by atoms with Crippen LogP contribution in [0.3, 0.4) is 0 Å². The molecule has 10 heteroatoms. The van der Waals surface area contributed by atoms with Gasteiger partial charge in [0.25, 0.3) is 0 Å². The van der Waals surface area contributed by atoms with Crippen molar-refractivity contribution >= 4 is 29.2 Å². The first-order valence-corrected chi connectivity index (χ1v) is 7.60. The number of hydrogen-bond acceptors (Lipinski definition) is 8. The smallest absolute Gasteiger partial charge is 0.345 e. The van der Waals surface area contributed by atoms with Crippen LogP contribution < -0.4 is 4.74 Å². The normalized spacial score (nSPS) is 30.0. The standard InChI is InChI=1S/C14H16Cl2O8/c1-22-12-6(16)3-2-5(15)8(12)13(21)24-14-11(20)10(19)9(18)7(4-17)23-14/h2-3,7,9-11,14,17-20H,4H2,1H3/t7-,9-,10+,11-,14+/m1/s1. The van der Waals surface area contributed by atoms with E-state index in [2.05, 4.69) is 0 Å². The largest absolute Gasteiger partial charge is 0.494 e. The average molecular weight is 383 g/mol. The molecular formula is C14H16Cl2O8. The molecule has 1 heterocycles. The van der Waals surface area contributed by atoms with Crippen molar-refractivity contribution in [2.75, 3.05) is 13.7 Å². The highest BCUT2D eigenvalue weighted by molar-refractivity contribution is 6.37. The highest BCUT2D eigenvalue weighted by Crippen LogP contribution is 2.35. The van der Waals surface area contributed by atoms with Crippen molar-refractivity contribution in [3.05, 3.63) is 27.7 Å². The summed E-state index contributed by atoms with van der Waals surface area (Å²) in [5.41, 5.74) is -0.191. The summed E-state index contributed by atoms with van der Waals surface area (Å²) < 4.78 is 15.1. The lowest BCUT2D eigenvalue weighted by Crippen LogP contribution is -2.59. The fourth-order valence-corrected chi connectivity index (χ4v) is 2.71. The second-order valence-corrected chi connectivity index (χ2v) is 5.85. The van der Waals surface area contributed by atoms with E-state index in [0.717, 1.165) is 0 Å². The van der Waals surface area contributed by atoms with Gasteiger partial charge in [-0.05, 0) is 12.1 Å². The van der Waals surface area contributed by atoms with Gasteiger partial charge in [-0.25, -0.2) is 4.79 Å². The second kappa shape index (κ2) is 7.83. The number of hydrogen-bond donors (Lipinski definition) is 4. The van der Waals surface area contributed by atoms with Crippen LogP contribution >= 0.6 is 23.2 Å². The van der Waals surface area contributed by atoms with E-state index in [1.165, 1.54) is 19.2 Å². The van der Waals surface area contributed by atoms with Gasteiger partial charge in [0.2, 0.25) is 6.29 Å². The van der Waals surface area contributed by atoms with E-state index in [-0.39, 0.29) is 21.4 Å². The molecule has 0 bridgehead atoms. The monoisotopic (exact) mass is 382 g/mol. The van der Waals surface area contributed by atoms with Gasteiger partial charge in [-0.1, -0.05) is 23.2 Å². The van der Waals surface area contributed by atoms with Crippen molar-refractivity contribution in [1.29, 1.82) is 0 Å². The summed E-state index contributed by atoms with van der Waals surface area (Å²) in [7, 11) is 1.28. The maximum atomic E-state index is 12.4. The molecule has 134 valence electrons. The number of halogens is 2. The summed E-state index contributed by atoms with van der Waals surface area (Å²) in [4.78, 5) is 12.4. The van der Waals surface area contributed by atoms with Crippen LogP contribution in [0.5, 0.6) is 5.75 Å². The van der Waals surface area contributed by atoms with Gasteiger partial charge >= 0.3 is 5.97 Å². The molecule has 0 spiro atoms. The molecule has 1 saturated heterocycles. The van der Waals surface area contributed by atoms with Crippen LogP contribution in [0.4, 0.5) is 0 Å². The Morgan fingerprint density at radius 1 is 1.17 bits per heavy atom. The van der Waals surface area contributed by atoms with E-state index in [1.54, 1.807) is 0 Å². The number of aliphatic hydroxyl groups is 4. The minimum absolute atomic E-state index is 0.00848. The molecule has 1 aromatic carbocycles. The van der Waals surface area contributed by atoms with Gasteiger partial charge in [0, 0.05) is 0 Å². The molecule has 2 rings (SSSR count). The second-order valence-electron chi connectivity index (χ2n) is 5.04. The summed E-state index contributed by atoms with van der Waals surface area (Å²) in [6.45, 7) is -0.653. The fourth-order valence-electron chi connectivity index (χ4n) is 2.25. The first kappa shape index (κ1) is 19.2. The number of rotatable bonds is 4. The number of benzene rings is 1. The number of carbonyl (C=O) groups is 1. The lowest BCUT2D eigenvalue weighted by molar-refractivity contribution is -0.285. The molecule has 0 amide bonds. The van der Waals surface area contributed by atoms with Gasteiger partial charge in [-0.3, -0.25) is 0 Å². The molecule has 0 radical (unpaired) electrons. The minimum atomic E-state index is -1.73. The molecule has 0 aromatic heterocycles. The molecule has 1 aliphatic rings. The Morgan fingerprint density at radius 2 is 1.79 bits per heavy atom. The number of carbonyl (C=O) groups excluding carboxylic acids is 1. The predicted molar refractivity (Wildman–Crippen MR) is 82.2 cm³/mol. The summed E-state index contributed by atoms with van der Waals surface area (Å²) in [5.74, 6) is -1.05. The van der Waals surface area contributed by atoms with Gasteiger partial charge in [-0.2, -0.15) is 0 Å². The van der Waals surface area contributed by atoms with Crippen molar-refractivity contribution in [3.63, 3.8) is 0 Å². The Labute approximate surface area is 147 Å². The highest BCUT2D eigenvalue weighted by atomic mass is 35.5. The Kier molecular flexibility index (Phi) is 6.27. The maximum Gasteiger partial charge on any atom is 0.345 e. The van der Waals surface area contributed by atoms with E-state index in [4.69, 9.17) is 42.5 Å². The molecule has 8 nitrogen and oxygen atoms in total. The van der Waals surface area contributed by atoms with Crippen molar-refractivity contribution in [2.24, 2.45) is 0 Å². The maximum absolute atomic E-state index is 12.4. The molecule has 4 N–H and O–H groups in total. The molecular weight excluding hydrogens is 367 g/mol. The summed E-state index contributed by atoms with van der Waals surface area (Å²) in [6, 6.07) is 2.78. The summed E-state index contributed by atoms with van der Waals surface area (Å²) in [5, 5.41) is 38.5. The fraction of sp³-hybridized carbons (Fsp3) is 0.500. The highest BCUT2D eigenvalue weighted by Gasteiger charge is 2.45. The zero-order valence-electron chi connectivity index (χ0n) is 12.4. The topological polar surface area (TPSA) is 126 Å². The predicted octanol–water partition coefficient (Wildman–Crippen LogP) is -0.0413. The van der Waals surface area contributed by atoms with Crippen LogP contribution in [0.25, 0.3) is 0 Å². The van der Waals surface area contributed by atoms with Crippen molar-refractivity contribution in [1.82, 2.24) is 0 Å². The first-order valence-electron chi connectivity index (χ1n) is 6.85. The summed E-state index contributed by atoms with van der Waals surface area (Å²) in [6.07, 6.45) is -7.81. The Hall–Kier alpha value is -1.13. The third-order valence-corrected chi connectivity index (χ3v) is 4.15.